The van der Waals surface area contributed by atoms with Crippen LogP contribution in [-0.4, -0.2) is 21.8 Å². The van der Waals surface area contributed by atoms with Crippen molar-refractivity contribution in [1.29, 1.82) is 0 Å². The van der Waals surface area contributed by atoms with Gasteiger partial charge in [0.05, 0.1) is 0 Å². The SMILES string of the molecule is C=Cc1cc[c]([Bi]([c]2ccc(C)cc2)[c]2ccc(C)cc2)cc1. The molecule has 0 bridgehead atoms. The fourth-order valence-corrected chi connectivity index (χ4v) is 11.3. The quantitative estimate of drug-likeness (QED) is 0.488. The van der Waals surface area contributed by atoms with Crippen molar-refractivity contribution in [2.24, 2.45) is 0 Å². The van der Waals surface area contributed by atoms with Gasteiger partial charge < -0.3 is 0 Å². The van der Waals surface area contributed by atoms with E-state index in [4.69, 9.17) is 0 Å². The van der Waals surface area contributed by atoms with E-state index in [1.807, 2.05) is 6.08 Å². The van der Waals surface area contributed by atoms with Crippen molar-refractivity contribution < 1.29 is 0 Å². The first kappa shape index (κ1) is 16.2. The van der Waals surface area contributed by atoms with Crippen molar-refractivity contribution in [2.45, 2.75) is 13.8 Å². The molecule has 0 aliphatic rings. The molecule has 0 N–H and O–H groups in total. The van der Waals surface area contributed by atoms with Gasteiger partial charge in [-0.3, -0.25) is 0 Å². The van der Waals surface area contributed by atoms with E-state index in [-0.39, 0.29) is 0 Å². The van der Waals surface area contributed by atoms with Gasteiger partial charge in [0.1, 0.15) is 0 Å². The Labute approximate surface area is 147 Å². The third-order valence-electron chi connectivity index (χ3n) is 3.97. The summed E-state index contributed by atoms with van der Waals surface area (Å²) in [5, 5.41) is 0. The molecule has 23 heavy (non-hydrogen) atoms. The Morgan fingerprint density at radius 2 is 0.957 bits per heavy atom. The molecule has 0 atom stereocenters. The minimum absolute atomic E-state index is 1.19. The number of benzene rings is 3. The van der Waals surface area contributed by atoms with Crippen LogP contribution < -0.4 is 9.81 Å². The molecule has 3 aromatic rings. The van der Waals surface area contributed by atoms with Crippen molar-refractivity contribution in [3.8, 4) is 0 Å². The van der Waals surface area contributed by atoms with Gasteiger partial charge >= 0.3 is 148 Å². The van der Waals surface area contributed by atoms with Gasteiger partial charge in [0, 0.05) is 0 Å². The molecule has 0 radical (unpaired) electrons. The van der Waals surface area contributed by atoms with Gasteiger partial charge in [-0.1, -0.05) is 0 Å². The van der Waals surface area contributed by atoms with E-state index in [2.05, 4.69) is 93.2 Å². The normalized spacial score (nSPS) is 10.7. The van der Waals surface area contributed by atoms with Crippen molar-refractivity contribution >= 4 is 37.6 Å². The first-order valence-electron chi connectivity index (χ1n) is 7.83. The van der Waals surface area contributed by atoms with Crippen LogP contribution in [0.4, 0.5) is 0 Å². The van der Waals surface area contributed by atoms with Gasteiger partial charge in [-0.05, 0) is 0 Å². The summed E-state index contributed by atoms with van der Waals surface area (Å²) in [7, 11) is 0. The Morgan fingerprint density at radius 1 is 0.609 bits per heavy atom. The van der Waals surface area contributed by atoms with Gasteiger partial charge in [-0.15, -0.1) is 0 Å². The molecule has 0 aliphatic heterocycles. The third kappa shape index (κ3) is 3.79. The number of hydrogen-bond acceptors (Lipinski definition) is 0. The van der Waals surface area contributed by atoms with E-state index < -0.39 is 21.8 Å². The second-order valence-electron chi connectivity index (χ2n) is 5.80. The molecule has 3 aromatic carbocycles. The van der Waals surface area contributed by atoms with Crippen LogP contribution in [0.5, 0.6) is 0 Å². The first-order valence-corrected chi connectivity index (χ1v) is 13.0. The van der Waals surface area contributed by atoms with Crippen LogP contribution in [0.25, 0.3) is 6.08 Å². The standard InChI is InChI=1S/C8H7.2C7H7.Bi/c1-2-8-6-4-3-5-7-8;2*1-7-5-3-2-4-6-7;/h2,4-7H,1H2;2*3-6H,1H3;. The second-order valence-corrected chi connectivity index (χ2v) is 14.4. The summed E-state index contributed by atoms with van der Waals surface area (Å²) in [6, 6.07) is 27.2. The predicted molar refractivity (Wildman–Crippen MR) is 104 cm³/mol. The van der Waals surface area contributed by atoms with Gasteiger partial charge in [0.15, 0.2) is 0 Å². The Balaban J connectivity index is 2.10. The Morgan fingerprint density at radius 3 is 1.30 bits per heavy atom. The molecular formula is C22H21Bi. The van der Waals surface area contributed by atoms with E-state index in [0.717, 1.165) is 0 Å². The van der Waals surface area contributed by atoms with Crippen molar-refractivity contribution in [3.63, 3.8) is 0 Å². The average molecular weight is 494 g/mol. The van der Waals surface area contributed by atoms with E-state index in [0.29, 0.717) is 0 Å². The van der Waals surface area contributed by atoms with Gasteiger partial charge in [-0.2, -0.15) is 0 Å². The molecule has 114 valence electrons. The van der Waals surface area contributed by atoms with Crippen LogP contribution in [0.15, 0.2) is 79.4 Å². The number of aryl methyl sites for hydroxylation is 2. The van der Waals surface area contributed by atoms with Crippen LogP contribution in [0, 0.1) is 13.8 Å². The van der Waals surface area contributed by atoms with E-state index in [9.17, 15) is 0 Å². The summed E-state index contributed by atoms with van der Waals surface area (Å²) in [4.78, 5) is 0. The van der Waals surface area contributed by atoms with Crippen LogP contribution in [0.1, 0.15) is 16.7 Å². The molecule has 0 heterocycles. The van der Waals surface area contributed by atoms with Crippen LogP contribution in [0.2, 0.25) is 0 Å². The molecule has 0 unspecified atom stereocenters. The molecule has 0 saturated carbocycles. The van der Waals surface area contributed by atoms with Crippen molar-refractivity contribution in [3.05, 3.63) is 96.1 Å². The Kier molecular flexibility index (Phi) is 5.08. The number of rotatable bonds is 4. The zero-order chi connectivity index (χ0) is 16.2. The summed E-state index contributed by atoms with van der Waals surface area (Å²) in [5.41, 5.74) is 3.83. The summed E-state index contributed by atoms with van der Waals surface area (Å²) in [6.07, 6.45) is 1.91. The topological polar surface area (TPSA) is 0 Å². The number of hydrogen-bond donors (Lipinski definition) is 0. The molecule has 0 aliphatic carbocycles. The molecule has 0 amide bonds. The fourth-order valence-electron chi connectivity index (χ4n) is 2.59. The molecule has 0 saturated heterocycles. The predicted octanol–water partition coefficient (Wildman–Crippen LogP) is 3.46. The van der Waals surface area contributed by atoms with E-state index in [1.165, 1.54) is 26.5 Å². The Bertz CT molecular complexity index is 735. The van der Waals surface area contributed by atoms with E-state index in [1.54, 1.807) is 0 Å². The van der Waals surface area contributed by atoms with Crippen molar-refractivity contribution in [2.75, 3.05) is 0 Å². The van der Waals surface area contributed by atoms with Crippen LogP contribution >= 0.6 is 0 Å². The summed E-state index contributed by atoms with van der Waals surface area (Å²) in [6.45, 7) is 8.16. The fraction of sp³-hybridized carbons (Fsp3) is 0.0909. The minimum atomic E-state index is -2.20. The summed E-state index contributed by atoms with van der Waals surface area (Å²) < 4.78 is 4.57. The zero-order valence-electron chi connectivity index (χ0n) is 13.7. The van der Waals surface area contributed by atoms with Crippen LogP contribution in [0.3, 0.4) is 0 Å². The van der Waals surface area contributed by atoms with Crippen molar-refractivity contribution in [1.82, 2.24) is 0 Å². The van der Waals surface area contributed by atoms with Gasteiger partial charge in [0.2, 0.25) is 0 Å². The molecule has 3 rings (SSSR count). The zero-order valence-corrected chi connectivity index (χ0v) is 17.1. The van der Waals surface area contributed by atoms with Gasteiger partial charge in [0.25, 0.3) is 0 Å². The maximum absolute atomic E-state index is 3.86. The summed E-state index contributed by atoms with van der Waals surface area (Å²) in [5.74, 6) is 0. The van der Waals surface area contributed by atoms with E-state index >= 15 is 0 Å². The maximum atomic E-state index is 3.86. The second kappa shape index (κ2) is 7.24. The molecule has 0 aromatic heterocycles. The summed E-state index contributed by atoms with van der Waals surface area (Å²) >= 11 is -2.20. The average Bonchev–Trinajstić information content (AvgIpc) is 2.59. The van der Waals surface area contributed by atoms with Gasteiger partial charge in [-0.25, -0.2) is 0 Å². The first-order chi connectivity index (χ1) is 11.2. The molecule has 0 nitrogen and oxygen atoms in total. The van der Waals surface area contributed by atoms with Crippen LogP contribution in [-0.2, 0) is 0 Å². The monoisotopic (exact) mass is 494 g/mol. The Hall–Kier alpha value is -1.72. The molecule has 0 fully saturated rings. The molecule has 1 heteroatoms. The molecule has 0 spiro atoms. The third-order valence-corrected chi connectivity index (χ3v) is 13.5. The molecular weight excluding hydrogens is 473 g/mol.